The number of hydrogen-bond acceptors (Lipinski definition) is 4. The van der Waals surface area contributed by atoms with Crippen LogP contribution in [0.2, 0.25) is 0 Å². The van der Waals surface area contributed by atoms with Gasteiger partial charge in [-0.1, -0.05) is 13.3 Å². The first-order valence-electron chi connectivity index (χ1n) is 8.07. The fourth-order valence-corrected chi connectivity index (χ4v) is 2.80. The van der Waals surface area contributed by atoms with Gasteiger partial charge in [0.15, 0.2) is 0 Å². The molecule has 1 N–H and O–H groups in total. The van der Waals surface area contributed by atoms with Crippen LogP contribution in [0.25, 0.3) is 0 Å². The molecule has 1 atom stereocenters. The summed E-state index contributed by atoms with van der Waals surface area (Å²) in [5.74, 6) is 0.576. The summed E-state index contributed by atoms with van der Waals surface area (Å²) in [5.41, 5.74) is -0.171. The van der Waals surface area contributed by atoms with Crippen molar-refractivity contribution < 1.29 is 9.84 Å². The van der Waals surface area contributed by atoms with Gasteiger partial charge in [-0.2, -0.15) is 0 Å². The lowest BCUT2D eigenvalue weighted by atomic mass is 10.00. The lowest BCUT2D eigenvalue weighted by Gasteiger charge is -2.33. The van der Waals surface area contributed by atoms with Crippen molar-refractivity contribution in [3.63, 3.8) is 0 Å². The maximum Gasteiger partial charge on any atom is 0.219 e. The van der Waals surface area contributed by atoms with E-state index < -0.39 is 5.60 Å². The summed E-state index contributed by atoms with van der Waals surface area (Å²) in [6, 6.07) is 3.73. The van der Waals surface area contributed by atoms with Gasteiger partial charge >= 0.3 is 0 Å². The molecule has 1 unspecified atom stereocenters. The molecule has 21 heavy (non-hydrogen) atoms. The van der Waals surface area contributed by atoms with E-state index in [9.17, 15) is 5.11 Å². The zero-order valence-corrected chi connectivity index (χ0v) is 13.5. The Morgan fingerprint density at radius 3 is 3.00 bits per heavy atom. The van der Waals surface area contributed by atoms with Gasteiger partial charge in [0.25, 0.3) is 0 Å². The zero-order valence-electron chi connectivity index (χ0n) is 13.5. The van der Waals surface area contributed by atoms with Crippen molar-refractivity contribution in [3.8, 4) is 5.88 Å². The summed E-state index contributed by atoms with van der Waals surface area (Å²) < 4.78 is 6.11. The highest BCUT2D eigenvalue weighted by Crippen LogP contribution is 2.29. The van der Waals surface area contributed by atoms with Crippen LogP contribution in [0, 0.1) is 0 Å². The number of aromatic nitrogens is 1. The Morgan fingerprint density at radius 1 is 1.48 bits per heavy atom. The highest BCUT2D eigenvalue weighted by molar-refractivity contribution is 5.30. The minimum absolute atomic E-state index is 0.173. The van der Waals surface area contributed by atoms with E-state index in [1.54, 1.807) is 20.0 Å². The number of piperidine rings is 1. The van der Waals surface area contributed by atoms with E-state index in [1.807, 2.05) is 12.1 Å². The molecule has 1 saturated heterocycles. The average Bonchev–Trinajstić information content (AvgIpc) is 2.45. The van der Waals surface area contributed by atoms with Gasteiger partial charge in [-0.15, -0.1) is 0 Å². The molecular formula is C17H28N2O2. The SMILES string of the molecule is CCCCN1CCCC(Oc2ncccc2C(C)(C)O)C1. The third-order valence-corrected chi connectivity index (χ3v) is 4.00. The summed E-state index contributed by atoms with van der Waals surface area (Å²) in [6.07, 6.45) is 6.59. The van der Waals surface area contributed by atoms with E-state index in [0.29, 0.717) is 5.88 Å². The lowest BCUT2D eigenvalue weighted by molar-refractivity contribution is 0.0577. The lowest BCUT2D eigenvalue weighted by Crippen LogP contribution is -2.41. The van der Waals surface area contributed by atoms with E-state index in [-0.39, 0.29) is 6.10 Å². The van der Waals surface area contributed by atoms with Crippen molar-refractivity contribution >= 4 is 0 Å². The smallest absolute Gasteiger partial charge is 0.219 e. The number of nitrogens with zero attached hydrogens (tertiary/aromatic N) is 2. The van der Waals surface area contributed by atoms with E-state index >= 15 is 0 Å². The van der Waals surface area contributed by atoms with Gasteiger partial charge in [-0.25, -0.2) is 4.98 Å². The predicted octanol–water partition coefficient (Wildman–Crippen LogP) is 2.95. The molecule has 0 radical (unpaired) electrons. The minimum atomic E-state index is -0.930. The summed E-state index contributed by atoms with van der Waals surface area (Å²) in [7, 11) is 0. The molecule has 4 nitrogen and oxygen atoms in total. The third-order valence-electron chi connectivity index (χ3n) is 4.00. The van der Waals surface area contributed by atoms with Crippen LogP contribution < -0.4 is 4.74 Å². The largest absolute Gasteiger partial charge is 0.473 e. The molecule has 118 valence electrons. The number of pyridine rings is 1. The fraction of sp³-hybridized carbons (Fsp3) is 0.706. The van der Waals surface area contributed by atoms with Crippen molar-refractivity contribution in [1.29, 1.82) is 0 Å². The highest BCUT2D eigenvalue weighted by Gasteiger charge is 2.26. The van der Waals surface area contributed by atoms with Crippen LogP contribution in [-0.4, -0.2) is 40.7 Å². The Bertz CT molecular complexity index is 443. The standard InChI is InChI=1S/C17H28N2O2/c1-4-5-11-19-12-7-8-14(13-19)21-16-15(17(2,3)20)9-6-10-18-16/h6,9-10,14,20H,4-5,7-8,11-13H2,1-3H3. The Hall–Kier alpha value is -1.13. The van der Waals surface area contributed by atoms with Crippen LogP contribution in [0.1, 0.15) is 52.0 Å². The highest BCUT2D eigenvalue weighted by atomic mass is 16.5. The Morgan fingerprint density at radius 2 is 2.29 bits per heavy atom. The van der Waals surface area contributed by atoms with Crippen molar-refractivity contribution in [3.05, 3.63) is 23.9 Å². The molecule has 0 aromatic carbocycles. The van der Waals surface area contributed by atoms with Crippen molar-refractivity contribution in [1.82, 2.24) is 9.88 Å². The number of rotatable bonds is 6. The number of hydrogen-bond donors (Lipinski definition) is 1. The van der Waals surface area contributed by atoms with E-state index in [1.165, 1.54) is 25.8 Å². The molecule has 0 spiro atoms. The van der Waals surface area contributed by atoms with Crippen LogP contribution >= 0.6 is 0 Å². The molecule has 1 aliphatic rings. The molecule has 4 heteroatoms. The third kappa shape index (κ3) is 4.68. The molecular weight excluding hydrogens is 264 g/mol. The number of ether oxygens (including phenoxy) is 1. The van der Waals surface area contributed by atoms with E-state index in [0.717, 1.165) is 25.1 Å². The van der Waals surface area contributed by atoms with Gasteiger partial charge in [0.05, 0.1) is 5.60 Å². The minimum Gasteiger partial charge on any atom is -0.473 e. The molecule has 0 saturated carbocycles. The zero-order chi connectivity index (χ0) is 15.3. The van der Waals surface area contributed by atoms with Gasteiger partial charge < -0.3 is 9.84 Å². The van der Waals surface area contributed by atoms with E-state index in [4.69, 9.17) is 4.74 Å². The van der Waals surface area contributed by atoms with Crippen LogP contribution in [-0.2, 0) is 5.60 Å². The summed E-state index contributed by atoms with van der Waals surface area (Å²) >= 11 is 0. The maximum atomic E-state index is 10.2. The average molecular weight is 292 g/mol. The Kier molecular flexibility index (Phi) is 5.59. The fourth-order valence-electron chi connectivity index (χ4n) is 2.80. The van der Waals surface area contributed by atoms with Crippen molar-refractivity contribution in [2.45, 2.75) is 58.2 Å². The number of likely N-dealkylation sites (tertiary alicyclic amines) is 1. The molecule has 0 amide bonds. The second kappa shape index (κ2) is 7.23. The molecule has 1 fully saturated rings. The number of aliphatic hydroxyl groups is 1. The summed E-state index contributed by atoms with van der Waals surface area (Å²) in [4.78, 5) is 6.80. The van der Waals surface area contributed by atoms with Gasteiger partial charge in [-0.3, -0.25) is 4.90 Å². The number of unbranched alkanes of at least 4 members (excludes halogenated alkanes) is 1. The normalized spacial score (nSPS) is 20.5. The van der Waals surface area contributed by atoms with Gasteiger partial charge in [0, 0.05) is 18.3 Å². The van der Waals surface area contributed by atoms with Gasteiger partial charge in [0.2, 0.25) is 5.88 Å². The van der Waals surface area contributed by atoms with Crippen LogP contribution in [0.3, 0.4) is 0 Å². The molecule has 2 rings (SSSR count). The topological polar surface area (TPSA) is 45.6 Å². The first-order chi connectivity index (χ1) is 10.0. The molecule has 1 aromatic heterocycles. The van der Waals surface area contributed by atoms with Crippen LogP contribution in [0.4, 0.5) is 0 Å². The first-order valence-corrected chi connectivity index (χ1v) is 8.07. The van der Waals surface area contributed by atoms with Gasteiger partial charge in [0.1, 0.15) is 6.10 Å². The second-order valence-corrected chi connectivity index (χ2v) is 6.45. The summed E-state index contributed by atoms with van der Waals surface area (Å²) in [6.45, 7) is 9.04. The van der Waals surface area contributed by atoms with Crippen LogP contribution in [0.15, 0.2) is 18.3 Å². The van der Waals surface area contributed by atoms with E-state index in [2.05, 4.69) is 16.8 Å². The molecule has 1 aromatic rings. The Labute approximate surface area is 128 Å². The maximum absolute atomic E-state index is 10.2. The van der Waals surface area contributed by atoms with Crippen molar-refractivity contribution in [2.24, 2.45) is 0 Å². The van der Waals surface area contributed by atoms with Gasteiger partial charge in [-0.05, 0) is 58.3 Å². The Balaban J connectivity index is 2.01. The quantitative estimate of drug-likeness (QED) is 0.875. The van der Waals surface area contributed by atoms with Crippen molar-refractivity contribution in [2.75, 3.05) is 19.6 Å². The first kappa shape index (κ1) is 16.2. The molecule has 2 heterocycles. The second-order valence-electron chi connectivity index (χ2n) is 6.45. The van der Waals surface area contributed by atoms with Crippen LogP contribution in [0.5, 0.6) is 5.88 Å². The molecule has 0 aliphatic carbocycles. The summed E-state index contributed by atoms with van der Waals surface area (Å²) in [5, 5.41) is 10.2. The molecule has 0 bridgehead atoms. The predicted molar refractivity (Wildman–Crippen MR) is 84.5 cm³/mol. The molecule has 1 aliphatic heterocycles. The monoisotopic (exact) mass is 292 g/mol.